The molecule has 0 aromatic rings. The van der Waals surface area contributed by atoms with Crippen molar-refractivity contribution in [2.75, 3.05) is 26.7 Å². The Labute approximate surface area is 117 Å². The molecule has 110 valence electrons. The van der Waals surface area contributed by atoms with E-state index in [0.29, 0.717) is 17.9 Å². The second kappa shape index (κ2) is 6.71. The van der Waals surface area contributed by atoms with Crippen molar-refractivity contribution in [3.05, 3.63) is 0 Å². The van der Waals surface area contributed by atoms with E-state index in [-0.39, 0.29) is 11.8 Å². The van der Waals surface area contributed by atoms with Crippen molar-refractivity contribution >= 4 is 5.91 Å². The van der Waals surface area contributed by atoms with Crippen LogP contribution in [0.15, 0.2) is 0 Å². The summed E-state index contributed by atoms with van der Waals surface area (Å²) in [4.78, 5) is 14.4. The van der Waals surface area contributed by atoms with Crippen molar-refractivity contribution in [2.45, 2.75) is 45.1 Å². The first-order valence-corrected chi connectivity index (χ1v) is 7.83. The Balaban J connectivity index is 1.77. The molecule has 2 bridgehead atoms. The Morgan fingerprint density at radius 3 is 2.53 bits per heavy atom. The third kappa shape index (κ3) is 3.69. The van der Waals surface area contributed by atoms with Crippen LogP contribution in [-0.4, -0.2) is 43.5 Å². The van der Waals surface area contributed by atoms with Gasteiger partial charge in [0.15, 0.2) is 0 Å². The van der Waals surface area contributed by atoms with Crippen LogP contribution < -0.4 is 11.1 Å². The maximum atomic E-state index is 12.2. The van der Waals surface area contributed by atoms with Crippen LogP contribution >= 0.6 is 0 Å². The first kappa shape index (κ1) is 14.8. The highest BCUT2D eigenvalue weighted by Crippen LogP contribution is 2.41. The summed E-state index contributed by atoms with van der Waals surface area (Å²) < 4.78 is 0. The van der Waals surface area contributed by atoms with E-state index in [0.717, 1.165) is 32.5 Å². The summed E-state index contributed by atoms with van der Waals surface area (Å²) in [6.07, 6.45) is 5.76. The number of likely N-dealkylation sites (N-methyl/N-ethyl adjacent to an activating group) is 1. The van der Waals surface area contributed by atoms with Crippen LogP contribution in [0.4, 0.5) is 0 Å². The van der Waals surface area contributed by atoms with Crippen LogP contribution in [0.25, 0.3) is 0 Å². The van der Waals surface area contributed by atoms with Crippen LogP contribution in [0.1, 0.15) is 39.0 Å². The monoisotopic (exact) mass is 267 g/mol. The van der Waals surface area contributed by atoms with Crippen molar-refractivity contribution in [3.8, 4) is 0 Å². The largest absolute Gasteiger partial charge is 0.355 e. The van der Waals surface area contributed by atoms with Crippen molar-refractivity contribution < 1.29 is 4.79 Å². The van der Waals surface area contributed by atoms with Gasteiger partial charge in [-0.15, -0.1) is 0 Å². The zero-order valence-corrected chi connectivity index (χ0v) is 12.4. The summed E-state index contributed by atoms with van der Waals surface area (Å²) in [7, 11) is 2.08. The molecule has 2 aliphatic rings. The van der Waals surface area contributed by atoms with E-state index >= 15 is 0 Å². The predicted octanol–water partition coefficient (Wildman–Crippen LogP) is 1.21. The molecule has 1 amide bonds. The van der Waals surface area contributed by atoms with Crippen molar-refractivity contribution in [2.24, 2.45) is 23.5 Å². The molecule has 0 saturated heterocycles. The molecule has 19 heavy (non-hydrogen) atoms. The molecular formula is C15H29N3O. The predicted molar refractivity (Wildman–Crippen MR) is 77.7 cm³/mol. The Bertz CT molecular complexity index is 294. The third-order valence-corrected chi connectivity index (χ3v) is 5.12. The number of hydrogen-bond donors (Lipinski definition) is 2. The maximum absolute atomic E-state index is 12.2. The molecule has 0 aliphatic heterocycles. The number of hydrogen-bond acceptors (Lipinski definition) is 3. The van der Waals surface area contributed by atoms with Gasteiger partial charge in [-0.05, 0) is 51.1 Å². The SMILES string of the molecule is CCN(C)CCNC(=O)C1CC2CCCC(C1)C2N. The van der Waals surface area contributed by atoms with E-state index in [4.69, 9.17) is 5.73 Å². The minimum absolute atomic E-state index is 0.210. The molecule has 0 heterocycles. The molecule has 2 rings (SSSR count). The first-order valence-electron chi connectivity index (χ1n) is 7.83. The quantitative estimate of drug-likeness (QED) is 0.787. The van der Waals surface area contributed by atoms with Gasteiger partial charge in [-0.25, -0.2) is 0 Å². The highest BCUT2D eigenvalue weighted by atomic mass is 16.1. The Hall–Kier alpha value is -0.610. The highest BCUT2D eigenvalue weighted by molar-refractivity contribution is 5.78. The molecule has 0 aromatic heterocycles. The normalized spacial score (nSPS) is 34.3. The second-order valence-electron chi connectivity index (χ2n) is 6.38. The minimum atomic E-state index is 0.210. The standard InChI is InChI=1S/C15H29N3O/c1-3-18(2)8-7-17-15(19)13-9-11-5-4-6-12(10-13)14(11)16/h11-14H,3-10,16H2,1-2H3,(H,17,19). The van der Waals surface area contributed by atoms with Crippen molar-refractivity contribution in [1.82, 2.24) is 10.2 Å². The number of fused-ring (bicyclic) bond motifs is 2. The second-order valence-corrected chi connectivity index (χ2v) is 6.38. The molecule has 3 N–H and O–H groups in total. The Kier molecular flexibility index (Phi) is 5.22. The van der Waals surface area contributed by atoms with Crippen molar-refractivity contribution in [1.29, 1.82) is 0 Å². The lowest BCUT2D eigenvalue weighted by Gasteiger charge is -2.43. The molecule has 2 saturated carbocycles. The lowest BCUT2D eigenvalue weighted by Crippen LogP contribution is -2.49. The van der Waals surface area contributed by atoms with Crippen LogP contribution in [0.2, 0.25) is 0 Å². The Morgan fingerprint density at radius 1 is 1.32 bits per heavy atom. The van der Waals surface area contributed by atoms with E-state index in [1.54, 1.807) is 0 Å². The smallest absolute Gasteiger partial charge is 0.223 e. The van der Waals surface area contributed by atoms with Crippen LogP contribution in [-0.2, 0) is 4.79 Å². The molecule has 0 spiro atoms. The lowest BCUT2D eigenvalue weighted by atomic mass is 9.65. The molecule has 2 aliphatic carbocycles. The summed E-state index contributed by atoms with van der Waals surface area (Å²) in [5, 5.41) is 3.10. The van der Waals surface area contributed by atoms with Gasteiger partial charge in [0.2, 0.25) is 5.91 Å². The number of nitrogens with one attached hydrogen (secondary N) is 1. The van der Waals surface area contributed by atoms with Crippen molar-refractivity contribution in [3.63, 3.8) is 0 Å². The van der Waals surface area contributed by atoms with Gasteiger partial charge in [0.25, 0.3) is 0 Å². The van der Waals surface area contributed by atoms with Gasteiger partial charge in [0, 0.05) is 25.0 Å². The third-order valence-electron chi connectivity index (χ3n) is 5.12. The van der Waals surface area contributed by atoms with E-state index < -0.39 is 0 Å². The number of carbonyl (C=O) groups is 1. The fourth-order valence-corrected chi connectivity index (χ4v) is 3.68. The van der Waals surface area contributed by atoms with E-state index in [1.165, 1.54) is 19.3 Å². The molecule has 2 unspecified atom stereocenters. The van der Waals surface area contributed by atoms with Gasteiger partial charge in [-0.2, -0.15) is 0 Å². The molecule has 4 heteroatoms. The minimum Gasteiger partial charge on any atom is -0.355 e. The molecule has 0 aromatic carbocycles. The van der Waals surface area contributed by atoms with Gasteiger partial charge >= 0.3 is 0 Å². The average molecular weight is 267 g/mol. The molecular weight excluding hydrogens is 238 g/mol. The summed E-state index contributed by atoms with van der Waals surface area (Å²) >= 11 is 0. The molecule has 2 fully saturated rings. The first-order chi connectivity index (χ1) is 9.11. The van der Waals surface area contributed by atoms with E-state index in [2.05, 4.69) is 24.2 Å². The number of nitrogens with zero attached hydrogens (tertiary/aromatic N) is 1. The number of nitrogens with two attached hydrogens (primary N) is 1. The number of rotatable bonds is 5. The van der Waals surface area contributed by atoms with Crippen LogP contribution in [0, 0.1) is 17.8 Å². The molecule has 4 nitrogen and oxygen atoms in total. The van der Waals surface area contributed by atoms with Gasteiger partial charge in [-0.1, -0.05) is 13.3 Å². The summed E-state index contributed by atoms with van der Waals surface area (Å²) in [6, 6.07) is 0.351. The number of carbonyl (C=O) groups excluding carboxylic acids is 1. The zero-order valence-electron chi connectivity index (χ0n) is 12.4. The number of amides is 1. The summed E-state index contributed by atoms with van der Waals surface area (Å²) in [6.45, 7) is 4.85. The highest BCUT2D eigenvalue weighted by Gasteiger charge is 2.40. The average Bonchev–Trinajstić information content (AvgIpc) is 2.37. The lowest BCUT2D eigenvalue weighted by molar-refractivity contribution is -0.127. The van der Waals surface area contributed by atoms with E-state index in [9.17, 15) is 4.79 Å². The fourth-order valence-electron chi connectivity index (χ4n) is 3.68. The van der Waals surface area contributed by atoms with Gasteiger partial charge in [0.1, 0.15) is 0 Å². The molecule has 0 radical (unpaired) electrons. The molecule has 2 atom stereocenters. The topological polar surface area (TPSA) is 58.4 Å². The van der Waals surface area contributed by atoms with E-state index in [1.807, 2.05) is 0 Å². The Morgan fingerprint density at radius 2 is 1.95 bits per heavy atom. The maximum Gasteiger partial charge on any atom is 0.223 e. The van der Waals surface area contributed by atoms with Gasteiger partial charge in [0.05, 0.1) is 0 Å². The summed E-state index contributed by atoms with van der Waals surface area (Å²) in [5.74, 6) is 1.64. The van der Waals surface area contributed by atoms with Gasteiger partial charge in [-0.3, -0.25) is 4.79 Å². The zero-order chi connectivity index (χ0) is 13.8. The fraction of sp³-hybridized carbons (Fsp3) is 0.933. The van der Waals surface area contributed by atoms with Crippen LogP contribution in [0.3, 0.4) is 0 Å². The van der Waals surface area contributed by atoms with Gasteiger partial charge < -0.3 is 16.0 Å². The summed E-state index contributed by atoms with van der Waals surface area (Å²) in [5.41, 5.74) is 6.27. The van der Waals surface area contributed by atoms with Crippen LogP contribution in [0.5, 0.6) is 0 Å².